The summed E-state index contributed by atoms with van der Waals surface area (Å²) < 4.78 is 0. The molecule has 6 nitrogen and oxygen atoms in total. The molecule has 30 heavy (non-hydrogen) atoms. The normalized spacial score (nSPS) is 13.3. The predicted octanol–water partition coefficient (Wildman–Crippen LogP) is 4.73. The van der Waals surface area contributed by atoms with Crippen molar-refractivity contribution in [3.05, 3.63) is 93.2 Å². The number of ketones is 1. The predicted molar refractivity (Wildman–Crippen MR) is 118 cm³/mol. The lowest BCUT2D eigenvalue weighted by molar-refractivity contribution is 0.103. The standard InChI is InChI=1S/C22H16Cl2N4O2/c23-19-12-17(28-22(30)26-9-10-27-28)13-20(24)18(19)11-14-1-3-15(4-2-14)21(29)16-5-7-25-8-6-16/h1-8,10,12-13H,9,11H2,(H,26,30). The molecule has 3 aromatic rings. The fraction of sp³-hybridized carbons (Fsp3) is 0.0909. The van der Waals surface area contributed by atoms with Crippen LogP contribution in [-0.4, -0.2) is 29.6 Å². The SMILES string of the molecule is O=C(c1ccncc1)c1ccc(Cc2c(Cl)cc(N3N=CCNC3=O)cc2Cl)cc1. The number of hydrogen-bond acceptors (Lipinski definition) is 4. The molecule has 4 rings (SSSR count). The number of hydrazone groups is 1. The van der Waals surface area contributed by atoms with Crippen molar-refractivity contribution >= 4 is 46.9 Å². The monoisotopic (exact) mass is 438 g/mol. The van der Waals surface area contributed by atoms with Crippen LogP contribution in [0, 0.1) is 0 Å². The van der Waals surface area contributed by atoms with E-state index in [9.17, 15) is 9.59 Å². The van der Waals surface area contributed by atoms with E-state index in [1.807, 2.05) is 12.1 Å². The molecule has 2 aromatic carbocycles. The van der Waals surface area contributed by atoms with Gasteiger partial charge >= 0.3 is 6.03 Å². The molecule has 0 fully saturated rings. The van der Waals surface area contributed by atoms with Crippen molar-refractivity contribution in [2.24, 2.45) is 5.10 Å². The zero-order valence-electron chi connectivity index (χ0n) is 15.7. The Morgan fingerprint density at radius 3 is 2.27 bits per heavy atom. The minimum absolute atomic E-state index is 0.0651. The maximum absolute atomic E-state index is 12.5. The zero-order chi connectivity index (χ0) is 21.1. The summed E-state index contributed by atoms with van der Waals surface area (Å²) >= 11 is 12.9. The lowest BCUT2D eigenvalue weighted by atomic mass is 9.99. The van der Waals surface area contributed by atoms with Gasteiger partial charge in [-0.1, -0.05) is 47.5 Å². The molecular formula is C22H16Cl2N4O2. The lowest BCUT2D eigenvalue weighted by Crippen LogP contribution is -2.41. The van der Waals surface area contributed by atoms with Crippen molar-refractivity contribution in [1.82, 2.24) is 10.3 Å². The highest BCUT2D eigenvalue weighted by Gasteiger charge is 2.20. The summed E-state index contributed by atoms with van der Waals surface area (Å²) in [7, 11) is 0. The Morgan fingerprint density at radius 2 is 1.63 bits per heavy atom. The number of carbonyl (C=O) groups excluding carboxylic acids is 2. The number of hydrogen-bond donors (Lipinski definition) is 1. The van der Waals surface area contributed by atoms with E-state index in [0.717, 1.165) is 11.1 Å². The van der Waals surface area contributed by atoms with Crippen LogP contribution in [0.1, 0.15) is 27.0 Å². The van der Waals surface area contributed by atoms with Gasteiger partial charge in [0.1, 0.15) is 0 Å². The number of carbonyl (C=O) groups is 2. The number of rotatable bonds is 5. The van der Waals surface area contributed by atoms with Crippen LogP contribution in [-0.2, 0) is 6.42 Å². The van der Waals surface area contributed by atoms with E-state index in [1.54, 1.807) is 55.0 Å². The minimum atomic E-state index is -0.341. The molecule has 1 aliphatic heterocycles. The third kappa shape index (κ3) is 4.20. The smallest absolute Gasteiger partial charge is 0.331 e. The fourth-order valence-electron chi connectivity index (χ4n) is 3.10. The van der Waals surface area contributed by atoms with Crippen molar-refractivity contribution < 1.29 is 9.59 Å². The van der Waals surface area contributed by atoms with Gasteiger partial charge in [-0.3, -0.25) is 9.78 Å². The Balaban J connectivity index is 1.54. The summed E-state index contributed by atoms with van der Waals surface area (Å²) in [4.78, 5) is 28.4. The summed E-state index contributed by atoms with van der Waals surface area (Å²) in [5.41, 5.74) is 3.35. The van der Waals surface area contributed by atoms with Crippen molar-refractivity contribution in [2.75, 3.05) is 11.6 Å². The van der Waals surface area contributed by atoms with E-state index in [-0.39, 0.29) is 11.8 Å². The molecule has 8 heteroatoms. The van der Waals surface area contributed by atoms with Gasteiger partial charge < -0.3 is 5.32 Å². The molecule has 0 spiro atoms. The average Bonchev–Trinajstić information content (AvgIpc) is 2.77. The van der Waals surface area contributed by atoms with Crippen LogP contribution in [0.25, 0.3) is 0 Å². The maximum atomic E-state index is 12.5. The second kappa shape index (κ2) is 8.65. The zero-order valence-corrected chi connectivity index (χ0v) is 17.2. The van der Waals surface area contributed by atoms with E-state index in [1.165, 1.54) is 5.01 Å². The lowest BCUT2D eigenvalue weighted by Gasteiger charge is -2.22. The Labute approximate surface area is 183 Å². The highest BCUT2D eigenvalue weighted by atomic mass is 35.5. The van der Waals surface area contributed by atoms with Crippen molar-refractivity contribution in [3.63, 3.8) is 0 Å². The number of amides is 2. The number of nitrogens with zero attached hydrogens (tertiary/aromatic N) is 3. The first-order chi connectivity index (χ1) is 14.5. The number of anilines is 1. The van der Waals surface area contributed by atoms with Gasteiger partial charge in [-0.15, -0.1) is 0 Å². The summed E-state index contributed by atoms with van der Waals surface area (Å²) in [5, 5.41) is 8.82. The van der Waals surface area contributed by atoms with Crippen LogP contribution in [0.3, 0.4) is 0 Å². The topological polar surface area (TPSA) is 74.7 Å². The average molecular weight is 439 g/mol. The molecule has 0 saturated heterocycles. The highest BCUT2D eigenvalue weighted by molar-refractivity contribution is 6.36. The number of urea groups is 1. The van der Waals surface area contributed by atoms with E-state index < -0.39 is 0 Å². The summed E-state index contributed by atoms with van der Waals surface area (Å²) in [6, 6.07) is 13.6. The van der Waals surface area contributed by atoms with Crippen LogP contribution < -0.4 is 10.3 Å². The molecule has 150 valence electrons. The second-order valence-electron chi connectivity index (χ2n) is 6.62. The summed E-state index contributed by atoms with van der Waals surface area (Å²) in [6.45, 7) is 0.383. The molecule has 1 aromatic heterocycles. The van der Waals surface area contributed by atoms with Crippen molar-refractivity contribution in [2.45, 2.75) is 6.42 Å². The fourth-order valence-corrected chi connectivity index (χ4v) is 3.70. The highest BCUT2D eigenvalue weighted by Crippen LogP contribution is 2.33. The number of pyridine rings is 1. The van der Waals surface area contributed by atoms with Gasteiger partial charge in [0.05, 0.1) is 12.2 Å². The Morgan fingerprint density at radius 1 is 1.00 bits per heavy atom. The Hall–Kier alpha value is -3.22. The quantitative estimate of drug-likeness (QED) is 0.585. The molecule has 1 N–H and O–H groups in total. The molecule has 0 unspecified atom stereocenters. The molecule has 0 aliphatic carbocycles. The summed E-state index contributed by atoms with van der Waals surface area (Å²) in [6.07, 6.45) is 5.26. The molecule has 0 radical (unpaired) electrons. The number of halogens is 2. The number of benzene rings is 2. The molecule has 2 heterocycles. The number of aromatic nitrogens is 1. The van der Waals surface area contributed by atoms with Gasteiger partial charge in [0, 0.05) is 46.2 Å². The van der Waals surface area contributed by atoms with Gasteiger partial charge in [0.15, 0.2) is 5.78 Å². The van der Waals surface area contributed by atoms with Crippen LogP contribution in [0.5, 0.6) is 0 Å². The van der Waals surface area contributed by atoms with Crippen LogP contribution in [0.2, 0.25) is 10.0 Å². The van der Waals surface area contributed by atoms with Gasteiger partial charge in [0.2, 0.25) is 0 Å². The van der Waals surface area contributed by atoms with Crippen LogP contribution in [0.4, 0.5) is 10.5 Å². The minimum Gasteiger partial charge on any atom is -0.331 e. The molecule has 1 aliphatic rings. The van der Waals surface area contributed by atoms with Gasteiger partial charge in [-0.2, -0.15) is 10.1 Å². The first-order valence-electron chi connectivity index (χ1n) is 9.15. The molecule has 0 atom stereocenters. The first kappa shape index (κ1) is 20.1. The van der Waals surface area contributed by atoms with Gasteiger partial charge in [-0.05, 0) is 35.4 Å². The first-order valence-corrected chi connectivity index (χ1v) is 9.90. The van der Waals surface area contributed by atoms with Gasteiger partial charge in [-0.25, -0.2) is 4.79 Å². The number of nitrogens with one attached hydrogen (secondary N) is 1. The maximum Gasteiger partial charge on any atom is 0.342 e. The third-order valence-corrected chi connectivity index (χ3v) is 5.32. The third-order valence-electron chi connectivity index (χ3n) is 4.64. The molecule has 0 bridgehead atoms. The molecular weight excluding hydrogens is 423 g/mol. The van der Waals surface area contributed by atoms with Crippen molar-refractivity contribution in [3.8, 4) is 0 Å². The van der Waals surface area contributed by atoms with Crippen LogP contribution in [0.15, 0.2) is 66.0 Å². The molecule has 2 amide bonds. The molecule has 0 saturated carbocycles. The van der Waals surface area contributed by atoms with Gasteiger partial charge in [0.25, 0.3) is 0 Å². The van der Waals surface area contributed by atoms with E-state index in [0.29, 0.717) is 39.8 Å². The summed E-state index contributed by atoms with van der Waals surface area (Å²) in [5.74, 6) is -0.0651. The van der Waals surface area contributed by atoms with E-state index >= 15 is 0 Å². The second-order valence-corrected chi connectivity index (χ2v) is 7.44. The Bertz CT molecular complexity index is 1110. The largest absolute Gasteiger partial charge is 0.342 e. The van der Waals surface area contributed by atoms with E-state index in [4.69, 9.17) is 23.2 Å². The van der Waals surface area contributed by atoms with E-state index in [2.05, 4.69) is 15.4 Å². The van der Waals surface area contributed by atoms with Crippen molar-refractivity contribution in [1.29, 1.82) is 0 Å². The van der Waals surface area contributed by atoms with Crippen LogP contribution >= 0.6 is 23.2 Å². The Kier molecular flexibility index (Phi) is 5.79.